The summed E-state index contributed by atoms with van der Waals surface area (Å²) in [4.78, 5) is 12.2. The third-order valence-corrected chi connectivity index (χ3v) is 4.45. The molecule has 0 bridgehead atoms. The van der Waals surface area contributed by atoms with E-state index in [1.54, 1.807) is 0 Å². The van der Waals surface area contributed by atoms with Crippen LogP contribution in [0.2, 0.25) is 0 Å². The van der Waals surface area contributed by atoms with Gasteiger partial charge in [0.15, 0.2) is 0 Å². The van der Waals surface area contributed by atoms with Crippen molar-refractivity contribution in [1.82, 2.24) is 5.32 Å². The van der Waals surface area contributed by atoms with E-state index in [2.05, 4.69) is 31.3 Å². The molecule has 0 aromatic heterocycles. The fourth-order valence-corrected chi connectivity index (χ4v) is 3.47. The van der Waals surface area contributed by atoms with Gasteiger partial charge in [-0.3, -0.25) is 4.79 Å². The zero-order valence-electron chi connectivity index (χ0n) is 13.2. The lowest BCUT2D eigenvalue weighted by Gasteiger charge is -2.32. The quantitative estimate of drug-likeness (QED) is 0.875. The lowest BCUT2D eigenvalue weighted by molar-refractivity contribution is -0.123. The van der Waals surface area contributed by atoms with Crippen molar-refractivity contribution in [2.24, 2.45) is 17.6 Å². The lowest BCUT2D eigenvalue weighted by atomic mass is 9.80. The zero-order chi connectivity index (χ0) is 15.2. The Balaban J connectivity index is 1.77. The van der Waals surface area contributed by atoms with E-state index >= 15 is 0 Å². The molecule has 2 rings (SSSR count). The van der Waals surface area contributed by atoms with Gasteiger partial charge in [-0.15, -0.1) is 0 Å². The molecule has 3 N–H and O–H groups in total. The number of hydrogen-bond donors (Lipinski definition) is 2. The summed E-state index contributed by atoms with van der Waals surface area (Å²) in [7, 11) is 0. The van der Waals surface area contributed by atoms with E-state index in [9.17, 15) is 4.79 Å². The van der Waals surface area contributed by atoms with Gasteiger partial charge in [-0.05, 0) is 49.5 Å². The summed E-state index contributed by atoms with van der Waals surface area (Å²) in [5.41, 5.74) is 7.28. The second kappa shape index (κ2) is 7.60. The topological polar surface area (TPSA) is 55.1 Å². The lowest BCUT2D eigenvalue weighted by Crippen LogP contribution is -2.47. The Hall–Kier alpha value is -1.35. The monoisotopic (exact) mass is 288 g/mol. The van der Waals surface area contributed by atoms with Gasteiger partial charge < -0.3 is 11.1 Å². The van der Waals surface area contributed by atoms with Gasteiger partial charge in [0.05, 0.1) is 6.04 Å². The van der Waals surface area contributed by atoms with Crippen molar-refractivity contribution in [2.75, 3.05) is 0 Å². The summed E-state index contributed by atoms with van der Waals surface area (Å²) < 4.78 is 0. The first-order valence-corrected chi connectivity index (χ1v) is 8.14. The molecule has 1 saturated carbocycles. The van der Waals surface area contributed by atoms with Crippen molar-refractivity contribution in [1.29, 1.82) is 0 Å². The number of carbonyl (C=O) groups excluding carboxylic acids is 1. The maximum atomic E-state index is 12.2. The Morgan fingerprint density at radius 2 is 1.81 bits per heavy atom. The number of hydrogen-bond acceptors (Lipinski definition) is 2. The summed E-state index contributed by atoms with van der Waals surface area (Å²) in [6.45, 7) is 4.54. The van der Waals surface area contributed by atoms with Crippen LogP contribution in [-0.2, 0) is 11.2 Å². The summed E-state index contributed by atoms with van der Waals surface area (Å²) in [6.07, 6.45) is 5.00. The molecule has 1 fully saturated rings. The van der Waals surface area contributed by atoms with Crippen LogP contribution in [0.25, 0.3) is 0 Å². The minimum Gasteiger partial charge on any atom is -0.352 e. The summed E-state index contributed by atoms with van der Waals surface area (Å²) in [6, 6.07) is 10.1. The number of benzene rings is 1. The van der Waals surface area contributed by atoms with Crippen molar-refractivity contribution < 1.29 is 4.79 Å². The Bertz CT molecular complexity index is 436. The predicted octanol–water partition coefficient (Wildman–Crippen LogP) is 2.89. The fraction of sp³-hybridized carbons (Fsp3) is 0.611. The van der Waals surface area contributed by atoms with E-state index in [4.69, 9.17) is 5.73 Å². The molecule has 1 aliphatic rings. The number of aryl methyl sites for hydroxylation is 1. The Kier molecular flexibility index (Phi) is 5.80. The molecule has 3 unspecified atom stereocenters. The Labute approximate surface area is 128 Å². The molecular formula is C18H28N2O. The highest BCUT2D eigenvalue weighted by Gasteiger charge is 2.26. The number of nitrogens with one attached hydrogen (secondary N) is 1. The normalized spacial score (nSPS) is 27.1. The van der Waals surface area contributed by atoms with Crippen molar-refractivity contribution in [3.05, 3.63) is 35.9 Å². The van der Waals surface area contributed by atoms with Crippen LogP contribution in [0, 0.1) is 11.8 Å². The summed E-state index contributed by atoms with van der Waals surface area (Å²) in [5.74, 6) is 1.40. The van der Waals surface area contributed by atoms with E-state index in [0.717, 1.165) is 19.3 Å². The van der Waals surface area contributed by atoms with Crippen LogP contribution in [0.3, 0.4) is 0 Å². The maximum Gasteiger partial charge on any atom is 0.237 e. The van der Waals surface area contributed by atoms with Gasteiger partial charge >= 0.3 is 0 Å². The molecule has 0 spiro atoms. The largest absolute Gasteiger partial charge is 0.352 e. The van der Waals surface area contributed by atoms with E-state index in [1.165, 1.54) is 12.0 Å². The van der Waals surface area contributed by atoms with E-state index in [-0.39, 0.29) is 5.91 Å². The second-order valence-corrected chi connectivity index (χ2v) is 6.75. The average Bonchev–Trinajstić information content (AvgIpc) is 2.44. The molecule has 0 radical (unpaired) electrons. The molecule has 0 saturated heterocycles. The number of amides is 1. The number of carbonyl (C=O) groups is 1. The van der Waals surface area contributed by atoms with Crippen molar-refractivity contribution >= 4 is 5.91 Å². The van der Waals surface area contributed by atoms with Crippen LogP contribution in [0.5, 0.6) is 0 Å². The van der Waals surface area contributed by atoms with Gasteiger partial charge in [0.25, 0.3) is 0 Å². The van der Waals surface area contributed by atoms with Crippen molar-refractivity contribution in [3.8, 4) is 0 Å². The Morgan fingerprint density at radius 1 is 1.19 bits per heavy atom. The summed E-state index contributed by atoms with van der Waals surface area (Å²) in [5, 5.41) is 3.15. The minimum atomic E-state index is -0.405. The van der Waals surface area contributed by atoms with E-state index in [1.807, 2.05) is 18.2 Å². The van der Waals surface area contributed by atoms with E-state index in [0.29, 0.717) is 24.3 Å². The summed E-state index contributed by atoms with van der Waals surface area (Å²) >= 11 is 0. The van der Waals surface area contributed by atoms with Gasteiger partial charge in [0.1, 0.15) is 0 Å². The molecular weight excluding hydrogens is 260 g/mol. The first-order valence-electron chi connectivity index (χ1n) is 8.14. The highest BCUT2D eigenvalue weighted by atomic mass is 16.2. The highest BCUT2D eigenvalue weighted by Crippen LogP contribution is 2.28. The molecule has 1 aromatic rings. The van der Waals surface area contributed by atoms with Gasteiger partial charge in [-0.2, -0.15) is 0 Å². The van der Waals surface area contributed by atoms with Gasteiger partial charge in [-0.25, -0.2) is 0 Å². The number of rotatable bonds is 5. The average molecular weight is 288 g/mol. The molecule has 1 aliphatic carbocycles. The molecule has 116 valence electrons. The Morgan fingerprint density at radius 3 is 2.43 bits per heavy atom. The first-order chi connectivity index (χ1) is 10.0. The fourth-order valence-electron chi connectivity index (χ4n) is 3.47. The van der Waals surface area contributed by atoms with Crippen molar-refractivity contribution in [2.45, 2.75) is 58.0 Å². The molecule has 3 atom stereocenters. The van der Waals surface area contributed by atoms with Crippen molar-refractivity contribution in [3.63, 3.8) is 0 Å². The van der Waals surface area contributed by atoms with E-state index < -0.39 is 6.04 Å². The van der Waals surface area contributed by atoms with Crippen LogP contribution in [0.4, 0.5) is 0 Å². The maximum absolute atomic E-state index is 12.2. The smallest absolute Gasteiger partial charge is 0.237 e. The predicted molar refractivity (Wildman–Crippen MR) is 86.8 cm³/mol. The minimum absolute atomic E-state index is 0.0113. The van der Waals surface area contributed by atoms with Gasteiger partial charge in [-0.1, -0.05) is 44.2 Å². The van der Waals surface area contributed by atoms with Crippen LogP contribution in [0.15, 0.2) is 30.3 Å². The van der Waals surface area contributed by atoms with Gasteiger partial charge in [0.2, 0.25) is 5.91 Å². The van der Waals surface area contributed by atoms with Crippen LogP contribution in [-0.4, -0.2) is 18.0 Å². The first kappa shape index (κ1) is 16.0. The van der Waals surface area contributed by atoms with Crippen LogP contribution in [0.1, 0.15) is 45.1 Å². The molecule has 0 aliphatic heterocycles. The second-order valence-electron chi connectivity index (χ2n) is 6.75. The zero-order valence-corrected chi connectivity index (χ0v) is 13.2. The third-order valence-electron chi connectivity index (χ3n) is 4.45. The highest BCUT2D eigenvalue weighted by molar-refractivity contribution is 5.81. The molecule has 1 aromatic carbocycles. The molecule has 3 heteroatoms. The molecule has 21 heavy (non-hydrogen) atoms. The standard InChI is InChI=1S/C18H28N2O/c1-13-10-14(2)12-16(11-13)20-18(21)17(19)9-8-15-6-4-3-5-7-15/h3-7,13-14,16-17H,8-12,19H2,1-2H3,(H,20,21). The number of nitrogens with two attached hydrogens (primary N) is 1. The molecule has 3 nitrogen and oxygen atoms in total. The molecule has 1 amide bonds. The third kappa shape index (κ3) is 5.16. The van der Waals surface area contributed by atoms with Crippen LogP contribution >= 0.6 is 0 Å². The SMILES string of the molecule is CC1CC(C)CC(NC(=O)C(N)CCc2ccccc2)C1. The molecule has 0 heterocycles. The van der Waals surface area contributed by atoms with Crippen LogP contribution < -0.4 is 11.1 Å². The van der Waals surface area contributed by atoms with Gasteiger partial charge in [0, 0.05) is 6.04 Å².